The predicted molar refractivity (Wildman–Crippen MR) is 78.5 cm³/mol. The van der Waals surface area contributed by atoms with Crippen LogP contribution in [0.1, 0.15) is 31.2 Å². The Kier molecular flexibility index (Phi) is 4.22. The van der Waals surface area contributed by atoms with Gasteiger partial charge in [0.25, 0.3) is 0 Å². The van der Waals surface area contributed by atoms with Gasteiger partial charge in [0, 0.05) is 38.5 Å². The Morgan fingerprint density at radius 3 is 2.90 bits per heavy atom. The van der Waals surface area contributed by atoms with Crippen LogP contribution < -0.4 is 10.2 Å². The van der Waals surface area contributed by atoms with Gasteiger partial charge in [-0.2, -0.15) is 0 Å². The molecule has 0 aromatic heterocycles. The number of ether oxygens (including phenoxy) is 1. The number of halogens is 1. The number of anilines is 1. The zero-order chi connectivity index (χ0) is 13.9. The number of hydrogen-bond donors (Lipinski definition) is 1. The Hall–Kier alpha value is -1.13. The summed E-state index contributed by atoms with van der Waals surface area (Å²) in [5.41, 5.74) is 2.02. The van der Waals surface area contributed by atoms with Crippen molar-refractivity contribution in [2.75, 3.05) is 25.1 Å². The Balaban J connectivity index is 1.70. The van der Waals surface area contributed by atoms with Gasteiger partial charge >= 0.3 is 0 Å². The Bertz CT molecular complexity index is 462. The summed E-state index contributed by atoms with van der Waals surface area (Å²) in [6.45, 7) is 2.60. The number of piperidine rings is 1. The summed E-state index contributed by atoms with van der Waals surface area (Å²) >= 11 is 0. The number of hydrogen-bond acceptors (Lipinski definition) is 3. The molecule has 0 radical (unpaired) electrons. The molecule has 1 unspecified atom stereocenters. The van der Waals surface area contributed by atoms with Crippen LogP contribution in [0, 0.1) is 5.82 Å². The fraction of sp³-hybridized carbons (Fsp3) is 0.625. The Morgan fingerprint density at radius 1 is 1.30 bits per heavy atom. The van der Waals surface area contributed by atoms with Crippen LogP contribution >= 0.6 is 0 Å². The van der Waals surface area contributed by atoms with Crippen LogP contribution in [0.3, 0.4) is 0 Å². The number of nitrogens with zero attached hydrogens (tertiary/aromatic N) is 1. The van der Waals surface area contributed by atoms with E-state index >= 15 is 0 Å². The van der Waals surface area contributed by atoms with Crippen molar-refractivity contribution >= 4 is 5.69 Å². The highest BCUT2D eigenvalue weighted by Gasteiger charge is 2.22. The van der Waals surface area contributed by atoms with E-state index in [0.29, 0.717) is 6.04 Å². The molecule has 110 valence electrons. The van der Waals surface area contributed by atoms with Crippen molar-refractivity contribution in [2.24, 2.45) is 0 Å². The summed E-state index contributed by atoms with van der Waals surface area (Å²) in [5.74, 6) is -0.144. The van der Waals surface area contributed by atoms with E-state index in [1.54, 1.807) is 19.2 Å². The van der Waals surface area contributed by atoms with E-state index in [0.717, 1.165) is 43.7 Å². The first-order valence-electron chi connectivity index (χ1n) is 7.55. The van der Waals surface area contributed by atoms with Crippen LogP contribution in [0.5, 0.6) is 0 Å². The first kappa shape index (κ1) is 13.8. The Labute approximate surface area is 120 Å². The molecule has 1 aliphatic heterocycles. The third kappa shape index (κ3) is 3.49. The first-order chi connectivity index (χ1) is 9.74. The molecular weight excluding hydrogens is 255 g/mol. The maximum Gasteiger partial charge on any atom is 0.125 e. The lowest BCUT2D eigenvalue weighted by Gasteiger charge is -2.34. The molecule has 1 saturated heterocycles. The monoisotopic (exact) mass is 278 g/mol. The first-order valence-corrected chi connectivity index (χ1v) is 7.55. The fourth-order valence-corrected chi connectivity index (χ4v) is 2.83. The lowest BCUT2D eigenvalue weighted by molar-refractivity contribution is 0.0893. The summed E-state index contributed by atoms with van der Waals surface area (Å²) in [5, 5.41) is 3.44. The van der Waals surface area contributed by atoms with Gasteiger partial charge in [0.15, 0.2) is 0 Å². The zero-order valence-electron chi connectivity index (χ0n) is 12.1. The second kappa shape index (κ2) is 6.10. The highest BCUT2D eigenvalue weighted by atomic mass is 19.1. The van der Waals surface area contributed by atoms with Crippen molar-refractivity contribution in [3.05, 3.63) is 29.6 Å². The van der Waals surface area contributed by atoms with Crippen molar-refractivity contribution in [1.29, 1.82) is 0 Å². The highest BCUT2D eigenvalue weighted by Crippen LogP contribution is 2.24. The molecule has 3 nitrogen and oxygen atoms in total. The topological polar surface area (TPSA) is 24.5 Å². The second-order valence-electron chi connectivity index (χ2n) is 5.92. The molecule has 1 atom stereocenters. The van der Waals surface area contributed by atoms with Crippen molar-refractivity contribution in [3.8, 4) is 0 Å². The van der Waals surface area contributed by atoms with Crippen molar-refractivity contribution in [2.45, 2.75) is 44.4 Å². The second-order valence-corrected chi connectivity index (χ2v) is 5.92. The minimum absolute atomic E-state index is 0.144. The van der Waals surface area contributed by atoms with Gasteiger partial charge in [0.05, 0.1) is 6.10 Å². The van der Waals surface area contributed by atoms with Gasteiger partial charge in [-0.1, -0.05) is 0 Å². The van der Waals surface area contributed by atoms with Crippen LogP contribution in [0.2, 0.25) is 0 Å². The molecule has 0 spiro atoms. The Morgan fingerprint density at radius 2 is 2.15 bits per heavy atom. The fourth-order valence-electron chi connectivity index (χ4n) is 2.83. The van der Waals surface area contributed by atoms with E-state index < -0.39 is 0 Å². The van der Waals surface area contributed by atoms with E-state index in [1.807, 2.05) is 0 Å². The summed E-state index contributed by atoms with van der Waals surface area (Å²) in [6.07, 6.45) is 4.97. The summed E-state index contributed by atoms with van der Waals surface area (Å²) < 4.78 is 19.3. The normalized spacial score (nSPS) is 23.1. The van der Waals surface area contributed by atoms with Gasteiger partial charge in [0.2, 0.25) is 0 Å². The number of rotatable bonds is 5. The molecule has 2 aliphatic rings. The minimum atomic E-state index is -0.144. The maximum atomic E-state index is 13.8. The standard InChI is InChI=1S/C16H23FN2O/c1-20-16-3-2-6-19(11-16)15-8-12(7-13(17)9-15)10-18-14-4-5-14/h7-9,14,16,18H,2-6,10-11H2,1H3. The van der Waals surface area contributed by atoms with Gasteiger partial charge in [-0.15, -0.1) is 0 Å². The number of methoxy groups -OCH3 is 1. The van der Waals surface area contributed by atoms with Crippen molar-refractivity contribution in [3.63, 3.8) is 0 Å². The van der Waals surface area contributed by atoms with Crippen LogP contribution in [-0.4, -0.2) is 32.3 Å². The highest BCUT2D eigenvalue weighted by molar-refractivity contribution is 5.49. The molecule has 0 bridgehead atoms. The number of benzene rings is 1. The molecule has 4 heteroatoms. The van der Waals surface area contributed by atoms with Crippen LogP contribution in [0.25, 0.3) is 0 Å². The molecule has 1 N–H and O–H groups in total. The van der Waals surface area contributed by atoms with Crippen LogP contribution in [0.4, 0.5) is 10.1 Å². The minimum Gasteiger partial charge on any atom is -0.380 e. The number of nitrogens with one attached hydrogen (secondary N) is 1. The SMILES string of the molecule is COC1CCCN(c2cc(F)cc(CNC3CC3)c2)C1. The molecule has 20 heavy (non-hydrogen) atoms. The van der Waals surface area contributed by atoms with E-state index in [2.05, 4.69) is 16.3 Å². The molecule has 1 saturated carbocycles. The van der Waals surface area contributed by atoms with Crippen LogP contribution in [0.15, 0.2) is 18.2 Å². The molecule has 2 fully saturated rings. The molecule has 3 rings (SSSR count). The van der Waals surface area contributed by atoms with Crippen molar-refractivity contribution < 1.29 is 9.13 Å². The summed E-state index contributed by atoms with van der Waals surface area (Å²) in [7, 11) is 1.75. The van der Waals surface area contributed by atoms with E-state index in [4.69, 9.17) is 4.74 Å². The largest absolute Gasteiger partial charge is 0.380 e. The molecule has 1 aromatic rings. The van der Waals surface area contributed by atoms with E-state index in [9.17, 15) is 4.39 Å². The zero-order valence-corrected chi connectivity index (χ0v) is 12.1. The average molecular weight is 278 g/mol. The average Bonchev–Trinajstić information content (AvgIpc) is 3.29. The van der Waals surface area contributed by atoms with Gasteiger partial charge in [-0.3, -0.25) is 0 Å². The molecule has 1 aromatic carbocycles. The van der Waals surface area contributed by atoms with E-state index in [1.165, 1.54) is 12.8 Å². The summed E-state index contributed by atoms with van der Waals surface area (Å²) in [4.78, 5) is 2.24. The third-order valence-corrected chi connectivity index (χ3v) is 4.19. The third-order valence-electron chi connectivity index (χ3n) is 4.19. The van der Waals surface area contributed by atoms with Crippen molar-refractivity contribution in [1.82, 2.24) is 5.32 Å². The molecule has 1 heterocycles. The lowest BCUT2D eigenvalue weighted by atomic mass is 10.1. The molecule has 0 amide bonds. The van der Waals surface area contributed by atoms with E-state index in [-0.39, 0.29) is 11.9 Å². The van der Waals surface area contributed by atoms with Gasteiger partial charge in [-0.25, -0.2) is 4.39 Å². The summed E-state index contributed by atoms with van der Waals surface area (Å²) in [6, 6.07) is 6.03. The quantitative estimate of drug-likeness (QED) is 0.896. The maximum absolute atomic E-state index is 13.8. The smallest absolute Gasteiger partial charge is 0.125 e. The molecule has 1 aliphatic carbocycles. The molecular formula is C16H23FN2O. The van der Waals surface area contributed by atoms with Crippen LogP contribution in [-0.2, 0) is 11.3 Å². The van der Waals surface area contributed by atoms with Gasteiger partial charge < -0.3 is 15.0 Å². The van der Waals surface area contributed by atoms with Gasteiger partial charge in [0.1, 0.15) is 5.82 Å². The predicted octanol–water partition coefficient (Wildman–Crippen LogP) is 2.69. The lowest BCUT2D eigenvalue weighted by Crippen LogP contribution is -2.39. The van der Waals surface area contributed by atoms with Gasteiger partial charge in [-0.05, 0) is 49.4 Å².